The number of benzene rings is 2. The molecule has 0 spiro atoms. The average Bonchev–Trinajstić information content (AvgIpc) is 2.60. The molecule has 2 aromatic carbocycles. The van der Waals surface area contributed by atoms with Crippen LogP contribution in [0.5, 0.6) is 0 Å². The minimum Gasteiger partial charge on any atom is -0.392 e. The van der Waals surface area contributed by atoms with E-state index in [1.807, 2.05) is 38.1 Å². The second-order valence-electron chi connectivity index (χ2n) is 6.33. The van der Waals surface area contributed by atoms with Crippen molar-refractivity contribution in [2.75, 3.05) is 0 Å². The van der Waals surface area contributed by atoms with Crippen LogP contribution in [0.3, 0.4) is 0 Å². The van der Waals surface area contributed by atoms with Gasteiger partial charge in [-0.2, -0.15) is 0 Å². The molecule has 0 heterocycles. The van der Waals surface area contributed by atoms with Gasteiger partial charge in [-0.15, -0.1) is 0 Å². The third-order valence-electron chi connectivity index (χ3n) is 4.28. The highest BCUT2D eigenvalue weighted by Crippen LogP contribution is 2.34. The second-order valence-corrected chi connectivity index (χ2v) is 6.33. The van der Waals surface area contributed by atoms with Crippen LogP contribution in [0.15, 0.2) is 36.4 Å². The van der Waals surface area contributed by atoms with Gasteiger partial charge in [0, 0.05) is 5.41 Å². The number of aliphatic hydroxyl groups excluding tert-OH is 4. The van der Waals surface area contributed by atoms with Crippen LogP contribution in [0.25, 0.3) is 0 Å². The van der Waals surface area contributed by atoms with Crippen molar-refractivity contribution >= 4 is 0 Å². The Labute approximate surface area is 136 Å². The quantitative estimate of drug-likeness (QED) is 0.657. The summed E-state index contributed by atoms with van der Waals surface area (Å²) in [6, 6.07) is 11.2. The summed E-state index contributed by atoms with van der Waals surface area (Å²) in [5, 5.41) is 37.7. The van der Waals surface area contributed by atoms with Gasteiger partial charge in [0.15, 0.2) is 0 Å². The minimum atomic E-state index is -0.399. The maximum Gasteiger partial charge on any atom is 0.0682 e. The molecule has 4 heteroatoms. The topological polar surface area (TPSA) is 80.9 Å². The average molecular weight is 316 g/mol. The summed E-state index contributed by atoms with van der Waals surface area (Å²) in [6.45, 7) is 3.74. The van der Waals surface area contributed by atoms with Crippen molar-refractivity contribution in [2.24, 2.45) is 0 Å². The molecule has 0 bridgehead atoms. The second kappa shape index (κ2) is 7.23. The van der Waals surface area contributed by atoms with Gasteiger partial charge < -0.3 is 20.4 Å². The first kappa shape index (κ1) is 17.6. The lowest BCUT2D eigenvalue weighted by atomic mass is 9.76. The first-order chi connectivity index (χ1) is 10.9. The molecular formula is C19H24O4. The number of hydrogen-bond donors (Lipinski definition) is 4. The van der Waals surface area contributed by atoms with E-state index >= 15 is 0 Å². The van der Waals surface area contributed by atoms with Crippen LogP contribution in [-0.2, 0) is 31.8 Å². The van der Waals surface area contributed by atoms with E-state index in [1.54, 1.807) is 12.1 Å². The van der Waals surface area contributed by atoms with E-state index in [2.05, 4.69) is 0 Å². The molecule has 0 fully saturated rings. The van der Waals surface area contributed by atoms with Gasteiger partial charge in [-0.3, -0.25) is 0 Å². The first-order valence-electron chi connectivity index (χ1n) is 7.64. The first-order valence-corrected chi connectivity index (χ1v) is 7.64. The van der Waals surface area contributed by atoms with Crippen molar-refractivity contribution in [3.8, 4) is 0 Å². The molecule has 0 saturated heterocycles. The Morgan fingerprint density at radius 2 is 0.826 bits per heavy atom. The fraction of sp³-hybridized carbons (Fsp3) is 0.368. The fourth-order valence-electron chi connectivity index (χ4n) is 2.78. The summed E-state index contributed by atoms with van der Waals surface area (Å²) in [5.74, 6) is 0. The van der Waals surface area contributed by atoms with Gasteiger partial charge in [-0.25, -0.2) is 0 Å². The molecule has 0 atom stereocenters. The van der Waals surface area contributed by atoms with Gasteiger partial charge >= 0.3 is 0 Å². The van der Waals surface area contributed by atoms with Crippen molar-refractivity contribution in [3.63, 3.8) is 0 Å². The summed E-state index contributed by atoms with van der Waals surface area (Å²) in [5.41, 5.74) is 4.53. The molecule has 0 amide bonds. The Hall–Kier alpha value is -1.72. The maximum atomic E-state index is 9.43. The molecule has 0 saturated carbocycles. The molecule has 0 radical (unpaired) electrons. The van der Waals surface area contributed by atoms with Crippen LogP contribution in [0.2, 0.25) is 0 Å². The Kier molecular flexibility index (Phi) is 5.55. The van der Waals surface area contributed by atoms with Crippen molar-refractivity contribution < 1.29 is 20.4 Å². The molecule has 0 aliphatic carbocycles. The van der Waals surface area contributed by atoms with Crippen LogP contribution in [0, 0.1) is 0 Å². The standard InChI is InChI=1S/C19H24O4/c1-19(2,17-5-13(9-20)3-14(6-17)10-21)18-7-15(11-22)4-16(8-18)12-23/h3-8,20-23H,9-12H2,1-2H3. The predicted molar refractivity (Wildman–Crippen MR) is 88.7 cm³/mol. The Morgan fingerprint density at radius 3 is 1.04 bits per heavy atom. The van der Waals surface area contributed by atoms with Gasteiger partial charge in [-0.1, -0.05) is 50.2 Å². The lowest BCUT2D eigenvalue weighted by molar-refractivity contribution is 0.275. The summed E-state index contributed by atoms with van der Waals surface area (Å²) in [4.78, 5) is 0. The molecule has 124 valence electrons. The van der Waals surface area contributed by atoms with Crippen molar-refractivity contribution in [2.45, 2.75) is 45.7 Å². The van der Waals surface area contributed by atoms with E-state index in [0.717, 1.165) is 33.4 Å². The van der Waals surface area contributed by atoms with E-state index in [4.69, 9.17) is 0 Å². The van der Waals surface area contributed by atoms with Crippen LogP contribution in [0.1, 0.15) is 47.2 Å². The molecule has 4 nitrogen and oxygen atoms in total. The molecule has 4 N–H and O–H groups in total. The molecule has 0 aliphatic heterocycles. The van der Waals surface area contributed by atoms with Crippen molar-refractivity contribution in [1.82, 2.24) is 0 Å². The molecule has 23 heavy (non-hydrogen) atoms. The summed E-state index contributed by atoms with van der Waals surface area (Å²) in [7, 11) is 0. The predicted octanol–water partition coefficient (Wildman–Crippen LogP) is 1.98. The molecule has 0 aromatic heterocycles. The van der Waals surface area contributed by atoms with Crippen molar-refractivity contribution in [3.05, 3.63) is 69.8 Å². The SMILES string of the molecule is CC(C)(c1cc(CO)cc(CO)c1)c1cc(CO)cc(CO)c1. The minimum absolute atomic E-state index is 0.0878. The van der Waals surface area contributed by atoms with Gasteiger partial charge in [0.25, 0.3) is 0 Å². The zero-order chi connectivity index (χ0) is 17.0. The third-order valence-corrected chi connectivity index (χ3v) is 4.28. The zero-order valence-corrected chi connectivity index (χ0v) is 13.6. The molecule has 2 aromatic rings. The number of rotatable bonds is 6. The van der Waals surface area contributed by atoms with Gasteiger partial charge in [0.05, 0.1) is 26.4 Å². The monoisotopic (exact) mass is 316 g/mol. The largest absolute Gasteiger partial charge is 0.392 e. The lowest BCUT2D eigenvalue weighted by Gasteiger charge is -2.28. The smallest absolute Gasteiger partial charge is 0.0682 e. The number of hydrogen-bond acceptors (Lipinski definition) is 4. The van der Waals surface area contributed by atoms with E-state index < -0.39 is 5.41 Å². The van der Waals surface area contributed by atoms with Crippen LogP contribution < -0.4 is 0 Å². The normalized spacial score (nSPS) is 11.7. The highest BCUT2D eigenvalue weighted by molar-refractivity contribution is 5.44. The Bertz CT molecular complexity index is 575. The van der Waals surface area contributed by atoms with Gasteiger partial charge in [0.1, 0.15) is 0 Å². The summed E-state index contributed by atoms with van der Waals surface area (Å²) in [6.07, 6.45) is 0. The Morgan fingerprint density at radius 1 is 0.565 bits per heavy atom. The number of aliphatic hydroxyl groups is 4. The molecule has 0 unspecified atom stereocenters. The van der Waals surface area contributed by atoms with E-state index in [9.17, 15) is 20.4 Å². The zero-order valence-electron chi connectivity index (χ0n) is 13.6. The Balaban J connectivity index is 2.57. The molecule has 2 rings (SSSR count). The van der Waals surface area contributed by atoms with E-state index in [-0.39, 0.29) is 26.4 Å². The highest BCUT2D eigenvalue weighted by Gasteiger charge is 2.25. The maximum absolute atomic E-state index is 9.43. The van der Waals surface area contributed by atoms with E-state index in [0.29, 0.717) is 0 Å². The third kappa shape index (κ3) is 3.79. The summed E-state index contributed by atoms with van der Waals surface area (Å²) < 4.78 is 0. The summed E-state index contributed by atoms with van der Waals surface area (Å²) >= 11 is 0. The van der Waals surface area contributed by atoms with Crippen LogP contribution >= 0.6 is 0 Å². The highest BCUT2D eigenvalue weighted by atomic mass is 16.3. The van der Waals surface area contributed by atoms with Crippen LogP contribution in [-0.4, -0.2) is 20.4 Å². The van der Waals surface area contributed by atoms with E-state index in [1.165, 1.54) is 0 Å². The van der Waals surface area contributed by atoms with Crippen molar-refractivity contribution in [1.29, 1.82) is 0 Å². The molecule has 0 aliphatic rings. The van der Waals surface area contributed by atoms with Crippen LogP contribution in [0.4, 0.5) is 0 Å². The molecular weight excluding hydrogens is 292 g/mol. The lowest BCUT2D eigenvalue weighted by Crippen LogP contribution is -2.20. The van der Waals surface area contributed by atoms with Gasteiger partial charge in [-0.05, 0) is 33.4 Å². The van der Waals surface area contributed by atoms with Gasteiger partial charge in [0.2, 0.25) is 0 Å². The fourth-order valence-corrected chi connectivity index (χ4v) is 2.78.